The number of benzene rings is 1. The van der Waals surface area contributed by atoms with E-state index in [1.165, 1.54) is 24.6 Å². The van der Waals surface area contributed by atoms with Crippen molar-refractivity contribution in [3.8, 4) is 5.75 Å². The molecule has 0 amide bonds. The second kappa shape index (κ2) is 7.43. The van der Waals surface area contributed by atoms with Gasteiger partial charge in [0.1, 0.15) is 12.9 Å². The Hall–Kier alpha value is -1.45. The SMILES string of the molecule is C[S+]([O-])c1c(C(=O)c2cnoc2C2CC2)ccc(Br)c1OCC(F)F. The van der Waals surface area contributed by atoms with E-state index in [4.69, 9.17) is 9.26 Å². The molecule has 0 aliphatic heterocycles. The molecule has 1 aliphatic carbocycles. The number of carbonyl (C=O) groups excluding carboxylic acids is 1. The van der Waals surface area contributed by atoms with Crippen LogP contribution in [-0.4, -0.2) is 34.8 Å². The van der Waals surface area contributed by atoms with Crippen molar-refractivity contribution < 1.29 is 27.4 Å². The molecular weight excluding hydrogens is 420 g/mol. The van der Waals surface area contributed by atoms with Crippen LogP contribution in [0.2, 0.25) is 0 Å². The highest BCUT2D eigenvalue weighted by atomic mass is 79.9. The van der Waals surface area contributed by atoms with Crippen LogP contribution >= 0.6 is 15.9 Å². The summed E-state index contributed by atoms with van der Waals surface area (Å²) in [6.07, 6.45) is 1.85. The molecule has 2 aromatic rings. The van der Waals surface area contributed by atoms with E-state index in [9.17, 15) is 18.1 Å². The summed E-state index contributed by atoms with van der Waals surface area (Å²) in [5, 5.41) is 3.69. The summed E-state index contributed by atoms with van der Waals surface area (Å²) in [5.74, 6) is 0.247. The minimum absolute atomic E-state index is 0.0172. The Bertz CT molecular complexity index is 792. The fourth-order valence-electron chi connectivity index (χ4n) is 2.49. The zero-order valence-corrected chi connectivity index (χ0v) is 15.5. The maximum atomic E-state index is 12.9. The smallest absolute Gasteiger partial charge is 0.272 e. The van der Waals surface area contributed by atoms with Crippen molar-refractivity contribution in [3.63, 3.8) is 0 Å². The highest BCUT2D eigenvalue weighted by Gasteiger charge is 2.35. The third-order valence-electron chi connectivity index (χ3n) is 3.74. The molecule has 0 N–H and O–H groups in total. The molecule has 1 fully saturated rings. The van der Waals surface area contributed by atoms with E-state index in [1.807, 2.05) is 0 Å². The Morgan fingerprint density at radius 2 is 2.20 bits per heavy atom. The zero-order chi connectivity index (χ0) is 18.1. The number of ketones is 1. The fraction of sp³-hybridized carbons (Fsp3) is 0.375. The second-order valence-electron chi connectivity index (χ2n) is 5.62. The molecule has 1 heterocycles. The number of carbonyl (C=O) groups is 1. The summed E-state index contributed by atoms with van der Waals surface area (Å²) in [6, 6.07) is 3.00. The van der Waals surface area contributed by atoms with Gasteiger partial charge in [0.2, 0.25) is 10.7 Å². The minimum atomic E-state index is -2.69. The second-order valence-corrected chi connectivity index (χ2v) is 7.79. The zero-order valence-electron chi connectivity index (χ0n) is 13.1. The van der Waals surface area contributed by atoms with E-state index in [0.717, 1.165) is 12.8 Å². The molecule has 1 saturated carbocycles. The van der Waals surface area contributed by atoms with Crippen molar-refractivity contribution in [2.75, 3.05) is 12.9 Å². The third kappa shape index (κ3) is 3.88. The summed E-state index contributed by atoms with van der Waals surface area (Å²) in [7, 11) is 0. The van der Waals surface area contributed by atoms with Crippen LogP contribution in [0.4, 0.5) is 8.78 Å². The first-order chi connectivity index (χ1) is 11.9. The Morgan fingerprint density at radius 1 is 1.48 bits per heavy atom. The van der Waals surface area contributed by atoms with Crippen molar-refractivity contribution >= 4 is 32.9 Å². The van der Waals surface area contributed by atoms with E-state index < -0.39 is 30.0 Å². The molecule has 0 spiro atoms. The summed E-state index contributed by atoms with van der Waals surface area (Å²) >= 11 is 1.57. The molecule has 1 aromatic heterocycles. The van der Waals surface area contributed by atoms with Crippen LogP contribution in [0.25, 0.3) is 0 Å². The number of ether oxygens (including phenoxy) is 1. The Balaban J connectivity index is 2.04. The number of hydrogen-bond acceptors (Lipinski definition) is 5. The lowest BCUT2D eigenvalue weighted by atomic mass is 10.0. The van der Waals surface area contributed by atoms with Gasteiger partial charge in [-0.3, -0.25) is 4.79 Å². The lowest BCUT2D eigenvalue weighted by Gasteiger charge is -2.16. The van der Waals surface area contributed by atoms with Crippen molar-refractivity contribution in [3.05, 3.63) is 39.7 Å². The molecule has 134 valence electrons. The molecule has 0 saturated heterocycles. The molecule has 9 heteroatoms. The van der Waals surface area contributed by atoms with E-state index >= 15 is 0 Å². The van der Waals surface area contributed by atoms with Crippen LogP contribution < -0.4 is 4.74 Å². The topological polar surface area (TPSA) is 75.4 Å². The number of alkyl halides is 2. The molecule has 0 bridgehead atoms. The molecular formula is C16H14BrF2NO4S. The fourth-order valence-corrected chi connectivity index (χ4v) is 3.96. The van der Waals surface area contributed by atoms with Gasteiger partial charge < -0.3 is 13.8 Å². The molecule has 25 heavy (non-hydrogen) atoms. The number of nitrogens with zero attached hydrogens (tertiary/aromatic N) is 1. The summed E-state index contributed by atoms with van der Waals surface area (Å²) in [5.41, 5.74) is 0.426. The van der Waals surface area contributed by atoms with Gasteiger partial charge in [0.15, 0.2) is 11.5 Å². The normalized spacial score (nSPS) is 15.4. The first-order valence-electron chi connectivity index (χ1n) is 7.46. The third-order valence-corrected chi connectivity index (χ3v) is 5.35. The van der Waals surface area contributed by atoms with Crippen molar-refractivity contribution in [2.24, 2.45) is 0 Å². The largest absolute Gasteiger partial charge is 0.612 e. The van der Waals surface area contributed by atoms with Gasteiger partial charge in [0.05, 0.1) is 21.8 Å². The molecule has 0 radical (unpaired) electrons. The monoisotopic (exact) mass is 433 g/mol. The van der Waals surface area contributed by atoms with Gasteiger partial charge in [-0.15, -0.1) is 0 Å². The van der Waals surface area contributed by atoms with E-state index in [2.05, 4.69) is 21.1 Å². The van der Waals surface area contributed by atoms with E-state index in [0.29, 0.717) is 15.8 Å². The van der Waals surface area contributed by atoms with Gasteiger partial charge in [0, 0.05) is 5.92 Å². The van der Waals surface area contributed by atoms with E-state index in [1.54, 1.807) is 0 Å². The van der Waals surface area contributed by atoms with Crippen molar-refractivity contribution in [1.29, 1.82) is 0 Å². The molecule has 1 aliphatic rings. The number of halogens is 3. The number of aromatic nitrogens is 1. The highest BCUT2D eigenvalue weighted by Crippen LogP contribution is 2.43. The molecule has 1 unspecified atom stereocenters. The van der Waals surface area contributed by atoms with Gasteiger partial charge >= 0.3 is 0 Å². The van der Waals surface area contributed by atoms with Crippen molar-refractivity contribution in [1.82, 2.24) is 5.16 Å². The van der Waals surface area contributed by atoms with Crippen molar-refractivity contribution in [2.45, 2.75) is 30.1 Å². The summed E-state index contributed by atoms with van der Waals surface area (Å²) in [6.45, 7) is -0.860. The maximum Gasteiger partial charge on any atom is 0.272 e. The maximum absolute atomic E-state index is 12.9. The first kappa shape index (κ1) is 18.3. The molecule has 3 rings (SSSR count). The standard InChI is InChI=1S/C16H14BrF2NO4S/c1-25(22)16-9(4-5-11(17)15(16)23-7-12(18)19)13(21)10-6-20-24-14(10)8-2-3-8/h4-6,8,12H,2-3,7H2,1H3. The predicted molar refractivity (Wildman–Crippen MR) is 89.9 cm³/mol. The van der Waals surface area contributed by atoms with Crippen LogP contribution in [0.15, 0.2) is 32.2 Å². The molecule has 1 aromatic carbocycles. The summed E-state index contributed by atoms with van der Waals surface area (Å²) < 4.78 is 47.9. The van der Waals surface area contributed by atoms with Crippen LogP contribution in [-0.2, 0) is 11.2 Å². The Kier molecular flexibility index (Phi) is 5.45. The van der Waals surface area contributed by atoms with Crippen LogP contribution in [0, 0.1) is 0 Å². The van der Waals surface area contributed by atoms with Gasteiger partial charge in [-0.2, -0.15) is 0 Å². The van der Waals surface area contributed by atoms with Crippen LogP contribution in [0.1, 0.15) is 40.4 Å². The predicted octanol–water partition coefficient (Wildman–Crippen LogP) is 3.93. The molecule has 5 nitrogen and oxygen atoms in total. The van der Waals surface area contributed by atoms with Gasteiger partial charge in [-0.25, -0.2) is 8.78 Å². The van der Waals surface area contributed by atoms with Crippen LogP contribution in [0.3, 0.4) is 0 Å². The quantitative estimate of drug-likeness (QED) is 0.488. The number of hydrogen-bond donors (Lipinski definition) is 0. The van der Waals surface area contributed by atoms with Gasteiger partial charge in [-0.05, 0) is 52.1 Å². The van der Waals surface area contributed by atoms with E-state index in [-0.39, 0.29) is 22.1 Å². The Labute approximate surface area is 154 Å². The Morgan fingerprint density at radius 3 is 2.80 bits per heavy atom. The molecule has 1 atom stereocenters. The average molecular weight is 434 g/mol. The summed E-state index contributed by atoms with van der Waals surface area (Å²) in [4.78, 5) is 13.0. The average Bonchev–Trinajstić information content (AvgIpc) is 3.29. The lowest BCUT2D eigenvalue weighted by Crippen LogP contribution is -2.15. The van der Waals surface area contributed by atoms with Gasteiger partial charge in [0.25, 0.3) is 6.43 Å². The van der Waals surface area contributed by atoms with Crippen LogP contribution in [0.5, 0.6) is 5.75 Å². The first-order valence-corrected chi connectivity index (χ1v) is 9.81. The van der Waals surface area contributed by atoms with Gasteiger partial charge in [-0.1, -0.05) is 5.16 Å². The highest BCUT2D eigenvalue weighted by molar-refractivity contribution is 9.10. The minimum Gasteiger partial charge on any atom is -0.612 e. The number of rotatable bonds is 7. The lowest BCUT2D eigenvalue weighted by molar-refractivity contribution is 0.0799.